The lowest BCUT2D eigenvalue weighted by Gasteiger charge is -2.18. The zero-order valence-corrected chi connectivity index (χ0v) is 39.7. The molecule has 1 atom stereocenters. The minimum Gasteiger partial charge on any atom is -0.462 e. The maximum atomic E-state index is 12.7. The first-order valence-electron chi connectivity index (χ1n) is 25.1. The van der Waals surface area contributed by atoms with Gasteiger partial charge in [0.2, 0.25) is 0 Å². The Kier molecular flexibility index (Phi) is 46.5. The van der Waals surface area contributed by atoms with E-state index in [2.05, 4.69) is 99.8 Å². The van der Waals surface area contributed by atoms with Gasteiger partial charge in [-0.15, -0.1) is 0 Å². The number of esters is 3. The summed E-state index contributed by atoms with van der Waals surface area (Å²) in [6.45, 7) is 6.41. The monoisotopic (exact) mass is 849 g/mol. The summed E-state index contributed by atoms with van der Waals surface area (Å²) in [4.78, 5) is 37.8. The van der Waals surface area contributed by atoms with Crippen molar-refractivity contribution in [3.8, 4) is 0 Å². The van der Waals surface area contributed by atoms with E-state index in [4.69, 9.17) is 14.2 Å². The standard InChI is InChI=1S/C55H92O6/c1-4-7-10-13-16-19-22-25-26-27-28-29-30-31-34-36-39-42-45-48-54(57)60-51-52(61-55(58)49-46-43-40-37-33-24-21-18-15-12-9-6-3)50-59-53(56)47-44-41-38-35-32-23-20-17-14-11-8-5-2/h7,10,16,18-19,21,25-26,28-29,31,34,39,42,52H,4-6,8-9,11-15,17,20,22-24,27,30,32-33,35-38,40-41,43-51H2,1-3H3/b10-7-,19-16-,21-18-,26-25-,29-28-,34-31-,42-39-. The van der Waals surface area contributed by atoms with Gasteiger partial charge >= 0.3 is 17.9 Å². The summed E-state index contributed by atoms with van der Waals surface area (Å²) in [5.41, 5.74) is 0. The molecule has 0 aromatic heterocycles. The van der Waals surface area contributed by atoms with Gasteiger partial charge in [-0.05, 0) is 83.5 Å². The van der Waals surface area contributed by atoms with Gasteiger partial charge < -0.3 is 14.2 Å². The van der Waals surface area contributed by atoms with Gasteiger partial charge in [-0.2, -0.15) is 0 Å². The van der Waals surface area contributed by atoms with Gasteiger partial charge in [0.25, 0.3) is 0 Å². The topological polar surface area (TPSA) is 78.9 Å². The maximum absolute atomic E-state index is 12.7. The number of hydrogen-bond donors (Lipinski definition) is 0. The van der Waals surface area contributed by atoms with Crippen molar-refractivity contribution in [1.82, 2.24) is 0 Å². The van der Waals surface area contributed by atoms with E-state index >= 15 is 0 Å². The zero-order valence-electron chi connectivity index (χ0n) is 39.7. The van der Waals surface area contributed by atoms with Crippen molar-refractivity contribution < 1.29 is 28.6 Å². The third kappa shape index (κ3) is 47.5. The lowest BCUT2D eigenvalue weighted by atomic mass is 10.0. The first-order chi connectivity index (χ1) is 30.0. The average molecular weight is 849 g/mol. The van der Waals surface area contributed by atoms with Crippen LogP contribution in [0.3, 0.4) is 0 Å². The molecule has 348 valence electrons. The summed E-state index contributed by atoms with van der Waals surface area (Å²) in [6, 6.07) is 0. The molecule has 1 unspecified atom stereocenters. The summed E-state index contributed by atoms with van der Waals surface area (Å²) in [5.74, 6) is -1.00. The van der Waals surface area contributed by atoms with Crippen molar-refractivity contribution >= 4 is 17.9 Å². The summed E-state index contributed by atoms with van der Waals surface area (Å²) in [7, 11) is 0. The molecule has 0 aliphatic heterocycles. The van der Waals surface area contributed by atoms with E-state index in [1.807, 2.05) is 6.08 Å². The number of carbonyl (C=O) groups is 3. The molecule has 0 aromatic carbocycles. The summed E-state index contributed by atoms with van der Waals surface area (Å²) in [6.07, 6.45) is 62.9. The van der Waals surface area contributed by atoms with Gasteiger partial charge in [0, 0.05) is 19.3 Å². The van der Waals surface area contributed by atoms with Crippen LogP contribution in [0.15, 0.2) is 85.1 Å². The van der Waals surface area contributed by atoms with Crippen molar-refractivity contribution in [2.24, 2.45) is 0 Å². The lowest BCUT2D eigenvalue weighted by Crippen LogP contribution is -2.30. The highest BCUT2D eigenvalue weighted by atomic mass is 16.6. The molecule has 0 N–H and O–H groups in total. The predicted molar refractivity (Wildman–Crippen MR) is 261 cm³/mol. The van der Waals surface area contributed by atoms with Crippen LogP contribution in [0.4, 0.5) is 0 Å². The van der Waals surface area contributed by atoms with Gasteiger partial charge in [-0.25, -0.2) is 0 Å². The minimum atomic E-state index is -0.808. The maximum Gasteiger partial charge on any atom is 0.306 e. The molecule has 6 nitrogen and oxygen atoms in total. The van der Waals surface area contributed by atoms with Crippen LogP contribution in [0, 0.1) is 0 Å². The zero-order chi connectivity index (χ0) is 44.4. The smallest absolute Gasteiger partial charge is 0.306 e. The highest BCUT2D eigenvalue weighted by Crippen LogP contribution is 2.14. The second-order valence-electron chi connectivity index (χ2n) is 16.3. The molecule has 0 fully saturated rings. The van der Waals surface area contributed by atoms with E-state index in [1.165, 1.54) is 89.9 Å². The number of ether oxygens (including phenoxy) is 3. The van der Waals surface area contributed by atoms with Crippen LogP contribution in [0.5, 0.6) is 0 Å². The Hall–Kier alpha value is -3.41. The van der Waals surface area contributed by atoms with Crippen molar-refractivity contribution in [3.63, 3.8) is 0 Å². The fourth-order valence-electron chi connectivity index (χ4n) is 6.64. The third-order valence-electron chi connectivity index (χ3n) is 10.4. The predicted octanol–water partition coefficient (Wildman–Crippen LogP) is 16.4. The van der Waals surface area contributed by atoms with Crippen LogP contribution in [0.1, 0.15) is 226 Å². The van der Waals surface area contributed by atoms with E-state index in [0.29, 0.717) is 19.3 Å². The molecular formula is C55H92O6. The number of rotatable bonds is 44. The number of unbranched alkanes of at least 4 members (excludes halogenated alkanes) is 19. The summed E-state index contributed by atoms with van der Waals surface area (Å²) in [5, 5.41) is 0. The molecule has 61 heavy (non-hydrogen) atoms. The molecule has 0 aliphatic rings. The molecular weight excluding hydrogens is 757 g/mol. The Morgan fingerprint density at radius 1 is 0.344 bits per heavy atom. The second-order valence-corrected chi connectivity index (χ2v) is 16.3. The Bertz CT molecular complexity index is 1200. The van der Waals surface area contributed by atoms with Gasteiger partial charge in [0.05, 0.1) is 0 Å². The van der Waals surface area contributed by atoms with Gasteiger partial charge in [0.1, 0.15) is 13.2 Å². The molecule has 0 aromatic rings. The highest BCUT2D eigenvalue weighted by Gasteiger charge is 2.19. The van der Waals surface area contributed by atoms with Crippen LogP contribution in [0.25, 0.3) is 0 Å². The third-order valence-corrected chi connectivity index (χ3v) is 10.4. The molecule has 0 aliphatic carbocycles. The summed E-state index contributed by atoms with van der Waals surface area (Å²) < 4.78 is 16.7. The van der Waals surface area contributed by atoms with Crippen LogP contribution >= 0.6 is 0 Å². The SMILES string of the molecule is CC/C=C\C/C=C\C/C=C\C/C=C\C/C=C\C/C=C\CCC(=O)OCC(COC(=O)CCCCCCCCCCCCCC)OC(=O)CCCCCCC/C=C\CCCCC. The first-order valence-corrected chi connectivity index (χ1v) is 25.1. The Labute approximate surface area is 375 Å². The molecule has 0 bridgehead atoms. The van der Waals surface area contributed by atoms with E-state index in [1.54, 1.807) is 0 Å². The number of hydrogen-bond acceptors (Lipinski definition) is 6. The second kappa shape index (κ2) is 49.2. The fourth-order valence-corrected chi connectivity index (χ4v) is 6.64. The van der Waals surface area contributed by atoms with Crippen LogP contribution in [-0.4, -0.2) is 37.2 Å². The summed E-state index contributed by atoms with van der Waals surface area (Å²) >= 11 is 0. The van der Waals surface area contributed by atoms with Crippen molar-refractivity contribution in [2.45, 2.75) is 232 Å². The van der Waals surface area contributed by atoms with E-state index in [9.17, 15) is 14.4 Å². The largest absolute Gasteiger partial charge is 0.462 e. The Morgan fingerprint density at radius 3 is 1.13 bits per heavy atom. The van der Waals surface area contributed by atoms with Crippen LogP contribution < -0.4 is 0 Å². The molecule has 0 spiro atoms. The number of allylic oxidation sites excluding steroid dienone is 14. The molecule has 0 heterocycles. The van der Waals surface area contributed by atoms with Gasteiger partial charge in [0.15, 0.2) is 6.10 Å². The molecule has 0 saturated carbocycles. The fraction of sp³-hybridized carbons (Fsp3) is 0.691. The van der Waals surface area contributed by atoms with E-state index in [0.717, 1.165) is 89.9 Å². The van der Waals surface area contributed by atoms with Gasteiger partial charge in [-0.3, -0.25) is 14.4 Å². The van der Waals surface area contributed by atoms with Crippen LogP contribution in [-0.2, 0) is 28.6 Å². The van der Waals surface area contributed by atoms with Gasteiger partial charge in [-0.1, -0.05) is 209 Å². The number of carbonyl (C=O) groups excluding carboxylic acids is 3. The van der Waals surface area contributed by atoms with E-state index < -0.39 is 6.10 Å². The minimum absolute atomic E-state index is 0.102. The lowest BCUT2D eigenvalue weighted by molar-refractivity contribution is -0.166. The Balaban J connectivity index is 4.49. The molecule has 6 heteroatoms. The molecule has 0 rings (SSSR count). The molecule has 0 amide bonds. The molecule has 0 saturated heterocycles. The van der Waals surface area contributed by atoms with Crippen LogP contribution in [0.2, 0.25) is 0 Å². The molecule has 0 radical (unpaired) electrons. The van der Waals surface area contributed by atoms with Crippen molar-refractivity contribution in [2.75, 3.05) is 13.2 Å². The normalized spacial score (nSPS) is 12.8. The first kappa shape index (κ1) is 57.6. The quantitative estimate of drug-likeness (QED) is 0.0263. The van der Waals surface area contributed by atoms with Crippen molar-refractivity contribution in [1.29, 1.82) is 0 Å². The van der Waals surface area contributed by atoms with Crippen molar-refractivity contribution in [3.05, 3.63) is 85.1 Å². The van der Waals surface area contributed by atoms with E-state index in [-0.39, 0.29) is 37.5 Å². The Morgan fingerprint density at radius 2 is 0.672 bits per heavy atom. The average Bonchev–Trinajstić information content (AvgIpc) is 3.26. The highest BCUT2D eigenvalue weighted by molar-refractivity contribution is 5.71.